The molecule has 2 rings (SSSR count). The van der Waals surface area contributed by atoms with E-state index in [-0.39, 0.29) is 18.1 Å². The zero-order valence-corrected chi connectivity index (χ0v) is 12.1. The van der Waals surface area contributed by atoms with Crippen LogP contribution in [0.25, 0.3) is 0 Å². The van der Waals surface area contributed by atoms with Crippen LogP contribution >= 0.6 is 11.8 Å². The number of aryl methyl sites for hydroxylation is 1. The summed E-state index contributed by atoms with van der Waals surface area (Å²) in [5, 5.41) is 16.5. The highest BCUT2D eigenvalue weighted by Crippen LogP contribution is 2.21. The molecule has 0 saturated heterocycles. The number of thioether (sulfide) groups is 1. The molecule has 0 spiro atoms. The van der Waals surface area contributed by atoms with Crippen LogP contribution in [0.3, 0.4) is 0 Å². The van der Waals surface area contributed by atoms with E-state index in [1.807, 2.05) is 0 Å². The van der Waals surface area contributed by atoms with Crippen molar-refractivity contribution in [3.8, 4) is 0 Å². The van der Waals surface area contributed by atoms with Gasteiger partial charge in [0.15, 0.2) is 5.69 Å². The first kappa shape index (κ1) is 15.5. The first-order chi connectivity index (χ1) is 10.1. The molecule has 6 nitrogen and oxygen atoms in total. The zero-order valence-electron chi connectivity index (χ0n) is 11.3. The Morgan fingerprint density at radius 2 is 2.24 bits per heavy atom. The molecule has 0 aliphatic rings. The topological polar surface area (TPSA) is 77.2 Å². The molecule has 1 heterocycles. The highest BCUT2D eigenvalue weighted by molar-refractivity contribution is 7.99. The van der Waals surface area contributed by atoms with E-state index in [2.05, 4.69) is 10.3 Å². The normalized spacial score (nSPS) is 10.8. The first-order valence-corrected chi connectivity index (χ1v) is 7.14. The number of hydrogen-bond donors (Lipinski definition) is 1. The largest absolute Gasteiger partial charge is 0.476 e. The van der Waals surface area contributed by atoms with Crippen molar-refractivity contribution >= 4 is 17.7 Å². The Kier molecular flexibility index (Phi) is 5.29. The lowest BCUT2D eigenvalue weighted by molar-refractivity contribution is 0.0684. The fourth-order valence-corrected chi connectivity index (χ4v) is 2.63. The lowest BCUT2D eigenvalue weighted by Crippen LogP contribution is -2.10. The Balaban J connectivity index is 2.03. The van der Waals surface area contributed by atoms with Gasteiger partial charge in [0.2, 0.25) is 0 Å². The third kappa shape index (κ3) is 3.79. The molecule has 8 heteroatoms. The summed E-state index contributed by atoms with van der Waals surface area (Å²) >= 11 is 1.33. The van der Waals surface area contributed by atoms with Gasteiger partial charge in [0, 0.05) is 17.8 Å². The maximum Gasteiger partial charge on any atom is 0.358 e. The van der Waals surface area contributed by atoms with E-state index >= 15 is 0 Å². The van der Waals surface area contributed by atoms with Crippen molar-refractivity contribution in [2.75, 3.05) is 12.9 Å². The van der Waals surface area contributed by atoms with E-state index in [1.165, 1.54) is 29.6 Å². The van der Waals surface area contributed by atoms with Gasteiger partial charge < -0.3 is 9.84 Å². The van der Waals surface area contributed by atoms with Gasteiger partial charge in [0.1, 0.15) is 5.82 Å². The number of halogens is 1. The fourth-order valence-electron chi connectivity index (χ4n) is 1.76. The summed E-state index contributed by atoms with van der Waals surface area (Å²) in [7, 11) is 1.47. The molecular formula is C13H14FN3O3S. The van der Waals surface area contributed by atoms with Gasteiger partial charge in [-0.2, -0.15) is 0 Å². The van der Waals surface area contributed by atoms with Crippen molar-refractivity contribution in [3.05, 3.63) is 41.5 Å². The van der Waals surface area contributed by atoms with Crippen LogP contribution in [0.2, 0.25) is 0 Å². The SMILES string of the molecule is COCc1c(C(=O)O)nnn1CCSc1ccccc1F. The van der Waals surface area contributed by atoms with E-state index in [0.29, 0.717) is 22.9 Å². The minimum Gasteiger partial charge on any atom is -0.476 e. The van der Waals surface area contributed by atoms with Crippen LogP contribution in [-0.2, 0) is 17.9 Å². The summed E-state index contributed by atoms with van der Waals surface area (Å²) in [6, 6.07) is 6.49. The van der Waals surface area contributed by atoms with E-state index in [9.17, 15) is 9.18 Å². The highest BCUT2D eigenvalue weighted by Gasteiger charge is 2.18. The van der Waals surface area contributed by atoms with Crippen molar-refractivity contribution in [3.63, 3.8) is 0 Å². The van der Waals surface area contributed by atoms with Crippen LogP contribution in [0.1, 0.15) is 16.2 Å². The standard InChI is InChI=1S/C13H14FN3O3S/c1-20-8-10-12(13(18)19)15-16-17(10)6-7-21-11-5-3-2-4-9(11)14/h2-5H,6-8H2,1H3,(H,18,19). The molecule has 0 amide bonds. The van der Waals surface area contributed by atoms with Crippen LogP contribution in [0, 0.1) is 5.82 Å². The number of hydrogen-bond acceptors (Lipinski definition) is 5. The van der Waals surface area contributed by atoms with Gasteiger partial charge in [-0.25, -0.2) is 13.9 Å². The van der Waals surface area contributed by atoms with Gasteiger partial charge >= 0.3 is 5.97 Å². The first-order valence-electron chi connectivity index (χ1n) is 6.15. The smallest absolute Gasteiger partial charge is 0.358 e. The number of ether oxygens (including phenoxy) is 1. The Morgan fingerprint density at radius 1 is 1.48 bits per heavy atom. The third-order valence-electron chi connectivity index (χ3n) is 2.72. The molecule has 0 atom stereocenters. The molecule has 0 fully saturated rings. The van der Waals surface area contributed by atoms with Crippen molar-refractivity contribution in [1.29, 1.82) is 0 Å². The van der Waals surface area contributed by atoms with Crippen LogP contribution < -0.4 is 0 Å². The number of aromatic nitrogens is 3. The van der Waals surface area contributed by atoms with Crippen LogP contribution in [0.4, 0.5) is 4.39 Å². The van der Waals surface area contributed by atoms with Gasteiger partial charge in [-0.15, -0.1) is 16.9 Å². The molecule has 1 aromatic carbocycles. The fraction of sp³-hybridized carbons (Fsp3) is 0.308. The monoisotopic (exact) mass is 311 g/mol. The highest BCUT2D eigenvalue weighted by atomic mass is 32.2. The van der Waals surface area contributed by atoms with Gasteiger partial charge in [0.05, 0.1) is 18.8 Å². The van der Waals surface area contributed by atoms with Crippen molar-refractivity contribution in [1.82, 2.24) is 15.0 Å². The summed E-state index contributed by atoms with van der Waals surface area (Å²) in [4.78, 5) is 11.6. The Labute approximate surface area is 124 Å². The number of methoxy groups -OCH3 is 1. The maximum absolute atomic E-state index is 13.5. The Morgan fingerprint density at radius 3 is 2.90 bits per heavy atom. The summed E-state index contributed by atoms with van der Waals surface area (Å²) in [5.74, 6) is -0.875. The molecule has 1 N–H and O–H groups in total. The van der Waals surface area contributed by atoms with Crippen molar-refractivity contribution < 1.29 is 19.0 Å². The minimum atomic E-state index is -1.14. The van der Waals surface area contributed by atoms with Crippen molar-refractivity contribution in [2.45, 2.75) is 18.0 Å². The maximum atomic E-state index is 13.5. The molecule has 0 aliphatic carbocycles. The quantitative estimate of drug-likeness (QED) is 0.789. The lowest BCUT2D eigenvalue weighted by Gasteiger charge is -2.06. The second kappa shape index (κ2) is 7.19. The molecule has 0 bridgehead atoms. The van der Waals surface area contributed by atoms with Crippen molar-refractivity contribution in [2.24, 2.45) is 0 Å². The van der Waals surface area contributed by atoms with Crippen LogP contribution in [-0.4, -0.2) is 38.9 Å². The summed E-state index contributed by atoms with van der Waals surface area (Å²) in [5.41, 5.74) is 0.284. The molecule has 0 radical (unpaired) electrons. The molecule has 2 aromatic rings. The third-order valence-corrected chi connectivity index (χ3v) is 3.75. The summed E-state index contributed by atoms with van der Waals surface area (Å²) < 4.78 is 19.9. The van der Waals surface area contributed by atoms with Gasteiger partial charge in [0.25, 0.3) is 0 Å². The second-order valence-corrected chi connectivity index (χ2v) is 5.26. The molecule has 0 aliphatic heterocycles. The number of aromatic carboxylic acids is 1. The number of carbonyl (C=O) groups is 1. The van der Waals surface area contributed by atoms with E-state index < -0.39 is 5.97 Å². The molecule has 0 unspecified atom stereocenters. The zero-order chi connectivity index (χ0) is 15.2. The minimum absolute atomic E-state index is 0.110. The molecular weight excluding hydrogens is 297 g/mol. The summed E-state index contributed by atoms with van der Waals surface area (Å²) in [6.07, 6.45) is 0. The predicted molar refractivity (Wildman–Crippen MR) is 74.8 cm³/mol. The molecule has 0 saturated carbocycles. The average Bonchev–Trinajstić information content (AvgIpc) is 2.85. The molecule has 112 valence electrons. The summed E-state index contributed by atoms with van der Waals surface area (Å²) in [6.45, 7) is 0.525. The Bertz CT molecular complexity index is 633. The number of carboxylic acids is 1. The van der Waals surface area contributed by atoms with Crippen LogP contribution in [0.5, 0.6) is 0 Å². The van der Waals surface area contributed by atoms with Crippen LogP contribution in [0.15, 0.2) is 29.2 Å². The van der Waals surface area contributed by atoms with Gasteiger partial charge in [-0.05, 0) is 12.1 Å². The molecule has 1 aromatic heterocycles. The van der Waals surface area contributed by atoms with E-state index in [0.717, 1.165) is 0 Å². The Hall–Kier alpha value is -1.93. The number of nitrogens with zero attached hydrogens (tertiary/aromatic N) is 3. The number of rotatable bonds is 7. The van der Waals surface area contributed by atoms with E-state index in [1.54, 1.807) is 18.2 Å². The molecule has 21 heavy (non-hydrogen) atoms. The second-order valence-electron chi connectivity index (χ2n) is 4.12. The predicted octanol–water partition coefficient (Wildman–Crippen LogP) is 2.05. The average molecular weight is 311 g/mol. The van der Waals surface area contributed by atoms with Gasteiger partial charge in [-0.1, -0.05) is 17.3 Å². The van der Waals surface area contributed by atoms with Gasteiger partial charge in [-0.3, -0.25) is 0 Å². The van der Waals surface area contributed by atoms with E-state index in [4.69, 9.17) is 9.84 Å². The number of benzene rings is 1. The number of carboxylic acid groups (broad SMARTS) is 1. The lowest BCUT2D eigenvalue weighted by atomic mass is 10.3.